The predicted octanol–water partition coefficient (Wildman–Crippen LogP) is 3.55. The van der Waals surface area contributed by atoms with Crippen LogP contribution in [0.3, 0.4) is 0 Å². The molecule has 124 valence electrons. The second kappa shape index (κ2) is 6.38. The van der Waals surface area contributed by atoms with Crippen LogP contribution >= 0.6 is 11.6 Å². The van der Waals surface area contributed by atoms with Gasteiger partial charge in [-0.25, -0.2) is 26.9 Å². The minimum absolute atomic E-state index is 0.0520. The van der Waals surface area contributed by atoms with Gasteiger partial charge in [0.1, 0.15) is 10.8 Å². The summed E-state index contributed by atoms with van der Waals surface area (Å²) in [5.74, 6) is -2.84. The number of alkyl halides is 2. The SMILES string of the molecule is CNS(=O)(=O)c1ccc(Oc2ncc(C(C)(F)F)cc2Cl)cc1. The first-order valence-electron chi connectivity index (χ1n) is 6.39. The first-order valence-corrected chi connectivity index (χ1v) is 8.25. The van der Waals surface area contributed by atoms with Gasteiger partial charge >= 0.3 is 0 Å². The Morgan fingerprint density at radius 3 is 2.35 bits per heavy atom. The molecule has 0 radical (unpaired) electrons. The fourth-order valence-electron chi connectivity index (χ4n) is 1.66. The highest BCUT2D eigenvalue weighted by Gasteiger charge is 2.26. The third-order valence-corrected chi connectivity index (χ3v) is 4.63. The van der Waals surface area contributed by atoms with E-state index in [4.69, 9.17) is 16.3 Å². The van der Waals surface area contributed by atoms with Crippen LogP contribution in [0.25, 0.3) is 0 Å². The molecular weight excluding hydrogens is 350 g/mol. The lowest BCUT2D eigenvalue weighted by Gasteiger charge is -2.12. The van der Waals surface area contributed by atoms with E-state index in [1.165, 1.54) is 31.3 Å². The van der Waals surface area contributed by atoms with Gasteiger partial charge in [0.25, 0.3) is 5.92 Å². The van der Waals surface area contributed by atoms with Gasteiger partial charge in [0.2, 0.25) is 15.9 Å². The molecule has 0 spiro atoms. The predicted molar refractivity (Wildman–Crippen MR) is 81.6 cm³/mol. The Hall–Kier alpha value is -1.77. The molecule has 0 amide bonds. The summed E-state index contributed by atoms with van der Waals surface area (Å²) in [5, 5.41) is -0.0732. The summed E-state index contributed by atoms with van der Waals surface area (Å²) in [6, 6.07) is 6.56. The lowest BCUT2D eigenvalue weighted by Crippen LogP contribution is -2.18. The lowest BCUT2D eigenvalue weighted by atomic mass is 10.2. The van der Waals surface area contributed by atoms with E-state index in [0.717, 1.165) is 19.2 Å². The van der Waals surface area contributed by atoms with Crippen LogP contribution in [0, 0.1) is 0 Å². The lowest BCUT2D eigenvalue weighted by molar-refractivity contribution is 0.0171. The van der Waals surface area contributed by atoms with Crippen molar-refractivity contribution < 1.29 is 21.9 Å². The number of rotatable bonds is 5. The molecule has 0 atom stereocenters. The quantitative estimate of drug-likeness (QED) is 0.883. The van der Waals surface area contributed by atoms with Crippen molar-refractivity contribution in [3.8, 4) is 11.6 Å². The van der Waals surface area contributed by atoms with Crippen molar-refractivity contribution in [2.45, 2.75) is 17.7 Å². The smallest absolute Gasteiger partial charge is 0.272 e. The molecule has 2 aromatic rings. The number of nitrogens with one attached hydrogen (secondary N) is 1. The Labute approximate surface area is 137 Å². The summed E-state index contributed by atoms with van der Waals surface area (Å²) in [6.45, 7) is 0.738. The second-order valence-corrected chi connectivity index (χ2v) is 6.97. The molecule has 23 heavy (non-hydrogen) atoms. The minimum Gasteiger partial charge on any atom is -0.438 e. The maximum absolute atomic E-state index is 13.2. The fourth-order valence-corrected chi connectivity index (χ4v) is 2.59. The van der Waals surface area contributed by atoms with E-state index in [1.54, 1.807) is 0 Å². The molecule has 0 aliphatic carbocycles. The molecule has 1 aromatic heterocycles. The van der Waals surface area contributed by atoms with Gasteiger partial charge in [-0.2, -0.15) is 0 Å². The van der Waals surface area contributed by atoms with E-state index in [-0.39, 0.29) is 27.1 Å². The molecule has 1 heterocycles. The fraction of sp³-hybridized carbons (Fsp3) is 0.214. The van der Waals surface area contributed by atoms with Crippen molar-refractivity contribution in [2.75, 3.05) is 7.05 Å². The number of ether oxygens (including phenoxy) is 1. The number of sulfonamides is 1. The summed E-state index contributed by atoms with van der Waals surface area (Å²) in [5.41, 5.74) is -0.328. The number of hydrogen-bond donors (Lipinski definition) is 1. The third kappa shape index (κ3) is 4.15. The highest BCUT2D eigenvalue weighted by molar-refractivity contribution is 7.89. The monoisotopic (exact) mass is 362 g/mol. The van der Waals surface area contributed by atoms with Gasteiger partial charge in [0.15, 0.2) is 0 Å². The van der Waals surface area contributed by atoms with Crippen LogP contribution in [0.2, 0.25) is 5.02 Å². The van der Waals surface area contributed by atoms with E-state index < -0.39 is 15.9 Å². The van der Waals surface area contributed by atoms with Gasteiger partial charge in [-0.15, -0.1) is 0 Å². The average molecular weight is 363 g/mol. The molecule has 0 saturated carbocycles. The first kappa shape index (κ1) is 17.6. The molecular formula is C14H13ClF2N2O3S. The van der Waals surface area contributed by atoms with Crippen molar-refractivity contribution in [1.29, 1.82) is 0 Å². The summed E-state index contributed by atoms with van der Waals surface area (Å²) >= 11 is 5.88. The highest BCUT2D eigenvalue weighted by Crippen LogP contribution is 2.33. The molecule has 0 fully saturated rings. The number of halogens is 3. The van der Waals surface area contributed by atoms with E-state index >= 15 is 0 Å². The number of aromatic nitrogens is 1. The van der Waals surface area contributed by atoms with Crippen LogP contribution in [0.15, 0.2) is 41.4 Å². The van der Waals surface area contributed by atoms with Crippen LogP contribution < -0.4 is 9.46 Å². The Bertz CT molecular complexity index is 806. The zero-order valence-electron chi connectivity index (χ0n) is 12.2. The molecule has 0 bridgehead atoms. The second-order valence-electron chi connectivity index (χ2n) is 4.68. The van der Waals surface area contributed by atoms with Gasteiger partial charge in [0.05, 0.1) is 4.90 Å². The van der Waals surface area contributed by atoms with Crippen molar-refractivity contribution in [1.82, 2.24) is 9.71 Å². The number of pyridine rings is 1. The summed E-state index contributed by atoms with van der Waals surface area (Å²) in [6.07, 6.45) is 0.973. The standard InChI is InChI=1S/C14H13ClF2N2O3S/c1-14(16,17)9-7-12(15)13(19-8-9)22-10-3-5-11(6-4-10)23(20,21)18-2/h3-8,18H,1-2H3. The van der Waals surface area contributed by atoms with E-state index in [1.807, 2.05) is 0 Å². The van der Waals surface area contributed by atoms with Crippen molar-refractivity contribution in [3.05, 3.63) is 47.1 Å². The molecule has 9 heteroatoms. The first-order chi connectivity index (χ1) is 10.6. The maximum atomic E-state index is 13.2. The van der Waals surface area contributed by atoms with Crippen molar-refractivity contribution >= 4 is 21.6 Å². The molecule has 0 aliphatic heterocycles. The average Bonchev–Trinajstić information content (AvgIpc) is 2.49. The minimum atomic E-state index is -3.55. The van der Waals surface area contributed by atoms with Crippen LogP contribution in [0.4, 0.5) is 8.78 Å². The molecule has 0 saturated heterocycles. The van der Waals surface area contributed by atoms with Gasteiger partial charge in [-0.05, 0) is 37.4 Å². The Morgan fingerprint density at radius 1 is 1.26 bits per heavy atom. The molecule has 5 nitrogen and oxygen atoms in total. The summed E-state index contributed by atoms with van der Waals surface area (Å²) < 4.78 is 57.1. The van der Waals surface area contributed by atoms with E-state index in [0.29, 0.717) is 0 Å². The van der Waals surface area contributed by atoms with Crippen molar-refractivity contribution in [3.63, 3.8) is 0 Å². The molecule has 1 N–H and O–H groups in total. The Morgan fingerprint density at radius 2 is 1.87 bits per heavy atom. The van der Waals surface area contributed by atoms with Crippen LogP contribution in [0.5, 0.6) is 11.6 Å². The van der Waals surface area contributed by atoms with Gasteiger partial charge in [0, 0.05) is 18.7 Å². The molecule has 1 aromatic carbocycles. The number of benzene rings is 1. The third-order valence-electron chi connectivity index (χ3n) is 2.93. The molecule has 0 unspecified atom stereocenters. The van der Waals surface area contributed by atoms with E-state index in [9.17, 15) is 17.2 Å². The van der Waals surface area contributed by atoms with Crippen molar-refractivity contribution in [2.24, 2.45) is 0 Å². The molecule has 2 rings (SSSR count). The topological polar surface area (TPSA) is 68.3 Å². The van der Waals surface area contributed by atoms with Crippen LogP contribution in [-0.4, -0.2) is 20.4 Å². The normalized spacial score (nSPS) is 12.2. The maximum Gasteiger partial charge on any atom is 0.272 e. The zero-order chi connectivity index (χ0) is 17.3. The molecule has 0 aliphatic rings. The zero-order valence-corrected chi connectivity index (χ0v) is 13.8. The number of nitrogens with zero attached hydrogens (tertiary/aromatic N) is 1. The summed E-state index contributed by atoms with van der Waals surface area (Å²) in [7, 11) is -2.25. The highest BCUT2D eigenvalue weighted by atomic mass is 35.5. The van der Waals surface area contributed by atoms with Gasteiger partial charge in [-0.3, -0.25) is 0 Å². The van der Waals surface area contributed by atoms with Gasteiger partial charge < -0.3 is 4.74 Å². The van der Waals surface area contributed by atoms with Crippen LogP contribution in [-0.2, 0) is 15.9 Å². The van der Waals surface area contributed by atoms with Gasteiger partial charge in [-0.1, -0.05) is 11.6 Å². The Balaban J connectivity index is 2.23. The largest absolute Gasteiger partial charge is 0.438 e. The Kier molecular flexibility index (Phi) is 4.88. The number of hydrogen-bond acceptors (Lipinski definition) is 4. The summed E-state index contributed by atoms with van der Waals surface area (Å²) in [4.78, 5) is 3.82. The van der Waals surface area contributed by atoms with Crippen LogP contribution in [0.1, 0.15) is 12.5 Å². The van der Waals surface area contributed by atoms with E-state index in [2.05, 4.69) is 9.71 Å².